The molecule has 0 amide bonds. The lowest BCUT2D eigenvalue weighted by molar-refractivity contribution is -0.135. The molecule has 0 aliphatic carbocycles. The second-order valence-corrected chi connectivity index (χ2v) is 2.89. The van der Waals surface area contributed by atoms with Gasteiger partial charge in [0.25, 0.3) is 0 Å². The highest BCUT2D eigenvalue weighted by Crippen LogP contribution is 2.18. The smallest absolute Gasteiger partial charge is 0.307 e. The lowest BCUT2D eigenvalue weighted by Gasteiger charge is -1.97. The number of aromatic hydroxyl groups is 1. The lowest BCUT2D eigenvalue weighted by Crippen LogP contribution is -1.89. The van der Waals surface area contributed by atoms with E-state index in [0.717, 1.165) is 0 Å². The van der Waals surface area contributed by atoms with Crippen molar-refractivity contribution < 1.29 is 15.0 Å². The van der Waals surface area contributed by atoms with Gasteiger partial charge in [-0.3, -0.25) is 4.79 Å². The summed E-state index contributed by atoms with van der Waals surface area (Å²) in [6.45, 7) is 0. The van der Waals surface area contributed by atoms with Gasteiger partial charge in [0.2, 0.25) is 0 Å². The molecule has 0 aromatic heterocycles. The Morgan fingerprint density at radius 2 is 2.27 bits per heavy atom. The molecule has 0 saturated heterocycles. The third-order valence-electron chi connectivity index (χ3n) is 1.74. The van der Waals surface area contributed by atoms with Gasteiger partial charge in [0.1, 0.15) is 11.8 Å². The quantitative estimate of drug-likeness (QED) is 0.784. The van der Waals surface area contributed by atoms with Crippen LogP contribution in [0.15, 0.2) is 24.3 Å². The molecule has 0 aliphatic heterocycles. The molecule has 0 saturated carbocycles. The molecule has 0 radical (unpaired) electrons. The van der Waals surface area contributed by atoms with Crippen LogP contribution in [0.1, 0.15) is 17.5 Å². The summed E-state index contributed by atoms with van der Waals surface area (Å²) in [5.74, 6) is -0.988. The molecule has 1 rings (SSSR count). The van der Waals surface area contributed by atoms with Gasteiger partial charge in [0, 0.05) is 0 Å². The molecular weight excluding hydrogens is 194 g/mol. The van der Waals surface area contributed by atoms with Gasteiger partial charge in [-0.25, -0.2) is 0 Å². The Hall–Kier alpha value is -2.28. The summed E-state index contributed by atoms with van der Waals surface area (Å²) in [5.41, 5.74) is 0.859. The van der Waals surface area contributed by atoms with E-state index < -0.39 is 5.97 Å². The van der Waals surface area contributed by atoms with E-state index in [2.05, 4.69) is 0 Å². The van der Waals surface area contributed by atoms with Crippen molar-refractivity contribution in [1.29, 1.82) is 5.26 Å². The lowest BCUT2D eigenvalue weighted by atomic mass is 10.1. The van der Waals surface area contributed by atoms with E-state index >= 15 is 0 Å². The van der Waals surface area contributed by atoms with Crippen LogP contribution >= 0.6 is 0 Å². The van der Waals surface area contributed by atoms with Gasteiger partial charge in [0.05, 0.1) is 12.0 Å². The highest BCUT2D eigenvalue weighted by molar-refractivity contribution is 5.70. The summed E-state index contributed by atoms with van der Waals surface area (Å²) in [7, 11) is 0. The van der Waals surface area contributed by atoms with Crippen molar-refractivity contribution in [3.05, 3.63) is 35.4 Å². The number of nitrogens with zero attached hydrogens (tertiary/aromatic N) is 1. The number of phenolic OH excluding ortho intramolecular Hbond substituents is 1. The molecule has 0 aliphatic rings. The van der Waals surface area contributed by atoms with Crippen molar-refractivity contribution in [2.24, 2.45) is 0 Å². The van der Waals surface area contributed by atoms with Crippen LogP contribution in [-0.2, 0) is 4.79 Å². The maximum absolute atomic E-state index is 10.2. The van der Waals surface area contributed by atoms with Crippen LogP contribution in [0.3, 0.4) is 0 Å². The molecule has 2 N–H and O–H groups in total. The molecule has 0 atom stereocenters. The molecule has 0 fully saturated rings. The summed E-state index contributed by atoms with van der Waals surface area (Å²) < 4.78 is 0. The zero-order chi connectivity index (χ0) is 11.3. The molecule has 0 spiro atoms. The van der Waals surface area contributed by atoms with E-state index in [0.29, 0.717) is 5.56 Å². The predicted molar refractivity (Wildman–Crippen MR) is 54.1 cm³/mol. The normalized spacial score (nSPS) is 10.1. The number of hydrogen-bond acceptors (Lipinski definition) is 3. The van der Waals surface area contributed by atoms with Gasteiger partial charge in [-0.2, -0.15) is 5.26 Å². The fourth-order valence-electron chi connectivity index (χ4n) is 1.04. The summed E-state index contributed by atoms with van der Waals surface area (Å²) in [5, 5.41) is 26.2. The van der Waals surface area contributed by atoms with Crippen molar-refractivity contribution in [2.45, 2.75) is 6.42 Å². The number of carboxylic acids is 1. The number of rotatable bonds is 3. The fourth-order valence-corrected chi connectivity index (χ4v) is 1.04. The van der Waals surface area contributed by atoms with Crippen molar-refractivity contribution in [1.82, 2.24) is 0 Å². The monoisotopic (exact) mass is 203 g/mol. The molecule has 1 aromatic rings. The van der Waals surface area contributed by atoms with Crippen molar-refractivity contribution in [3.8, 4) is 11.8 Å². The molecule has 0 heterocycles. The van der Waals surface area contributed by atoms with Gasteiger partial charge < -0.3 is 10.2 Å². The Morgan fingerprint density at radius 3 is 2.87 bits per heavy atom. The first kappa shape index (κ1) is 10.8. The largest absolute Gasteiger partial charge is 0.507 e. The Labute approximate surface area is 86.7 Å². The van der Waals surface area contributed by atoms with Crippen molar-refractivity contribution in [2.75, 3.05) is 0 Å². The number of carboxylic acid groups (broad SMARTS) is 1. The van der Waals surface area contributed by atoms with Gasteiger partial charge in [-0.1, -0.05) is 18.2 Å². The second-order valence-electron chi connectivity index (χ2n) is 2.89. The summed E-state index contributed by atoms with van der Waals surface area (Å²) in [4.78, 5) is 10.2. The minimum Gasteiger partial charge on any atom is -0.507 e. The first-order valence-electron chi connectivity index (χ1n) is 4.25. The molecule has 76 valence electrons. The number of benzene rings is 1. The van der Waals surface area contributed by atoms with Crippen molar-refractivity contribution in [3.63, 3.8) is 0 Å². The van der Waals surface area contributed by atoms with Crippen molar-refractivity contribution >= 4 is 12.0 Å². The third-order valence-corrected chi connectivity index (χ3v) is 1.74. The van der Waals surface area contributed by atoms with Gasteiger partial charge in [-0.05, 0) is 17.7 Å². The molecule has 4 heteroatoms. The number of aliphatic carboxylic acids is 1. The number of carbonyl (C=O) groups is 1. The summed E-state index contributed by atoms with van der Waals surface area (Å²) >= 11 is 0. The SMILES string of the molecule is N#Cc1cc(C=CCC(=O)O)ccc1O. The van der Waals surface area contributed by atoms with Gasteiger partial charge >= 0.3 is 5.97 Å². The number of nitriles is 1. The van der Waals surface area contributed by atoms with Gasteiger partial charge in [-0.15, -0.1) is 0 Å². The van der Waals surface area contributed by atoms with Crippen LogP contribution in [0.4, 0.5) is 0 Å². The summed E-state index contributed by atoms with van der Waals surface area (Å²) in [6, 6.07) is 6.34. The molecule has 4 nitrogen and oxygen atoms in total. The van der Waals surface area contributed by atoms with Crippen LogP contribution in [0.2, 0.25) is 0 Å². The number of phenols is 1. The molecule has 15 heavy (non-hydrogen) atoms. The Kier molecular flexibility index (Phi) is 3.47. The van der Waals surface area contributed by atoms with E-state index in [4.69, 9.17) is 10.4 Å². The molecule has 0 bridgehead atoms. The van der Waals surface area contributed by atoms with E-state index in [1.165, 1.54) is 18.2 Å². The highest BCUT2D eigenvalue weighted by Gasteiger charge is 1.99. The second kappa shape index (κ2) is 4.82. The third kappa shape index (κ3) is 3.16. The van der Waals surface area contributed by atoms with E-state index in [1.54, 1.807) is 12.1 Å². The molecular formula is C11H9NO3. The fraction of sp³-hybridized carbons (Fsp3) is 0.0909. The van der Waals surface area contributed by atoms with Crippen LogP contribution in [0.5, 0.6) is 5.75 Å². The van der Waals surface area contributed by atoms with Crippen LogP contribution < -0.4 is 0 Å². The zero-order valence-electron chi connectivity index (χ0n) is 7.84. The first-order valence-corrected chi connectivity index (χ1v) is 4.25. The maximum Gasteiger partial charge on any atom is 0.307 e. The minimum atomic E-state index is -0.912. The maximum atomic E-state index is 10.2. The summed E-state index contributed by atoms with van der Waals surface area (Å²) in [6.07, 6.45) is 3.01. The highest BCUT2D eigenvalue weighted by atomic mass is 16.4. The van der Waals surface area contributed by atoms with Crippen LogP contribution in [-0.4, -0.2) is 16.2 Å². The van der Waals surface area contributed by atoms with Gasteiger partial charge in [0.15, 0.2) is 0 Å². The Balaban J connectivity index is 2.84. The first-order chi connectivity index (χ1) is 7.13. The minimum absolute atomic E-state index is 0.0667. The van der Waals surface area contributed by atoms with Crippen LogP contribution in [0.25, 0.3) is 6.08 Å². The number of hydrogen-bond donors (Lipinski definition) is 2. The Morgan fingerprint density at radius 1 is 1.53 bits per heavy atom. The standard InChI is InChI=1S/C11H9NO3/c12-7-9-6-8(4-5-10(9)13)2-1-3-11(14)15/h1-2,4-6,13H,3H2,(H,14,15). The zero-order valence-corrected chi connectivity index (χ0v) is 7.84. The van der Waals surface area contributed by atoms with E-state index in [-0.39, 0.29) is 17.7 Å². The Bertz CT molecular complexity index is 444. The predicted octanol–water partition coefficient (Wildman–Crippen LogP) is 1.75. The molecule has 0 unspecified atom stereocenters. The van der Waals surface area contributed by atoms with Crippen LogP contribution in [0, 0.1) is 11.3 Å². The average molecular weight is 203 g/mol. The topological polar surface area (TPSA) is 81.3 Å². The molecule has 1 aromatic carbocycles. The van der Waals surface area contributed by atoms with E-state index in [9.17, 15) is 9.90 Å². The average Bonchev–Trinajstić information content (AvgIpc) is 2.20. The van der Waals surface area contributed by atoms with E-state index in [1.807, 2.05) is 6.07 Å².